The standard InChI is InChI=1S/C15H12N2O2S/c18-14(12-7-4-8-16-9-12)17-13(10-20-15(17)19)11-5-2-1-3-6-11/h1-9,13H,10H2/t13-/m1/s1. The number of hydrogen-bond donors (Lipinski definition) is 0. The van der Waals surface area contributed by atoms with Gasteiger partial charge in [0, 0.05) is 18.1 Å². The molecule has 1 aliphatic heterocycles. The Labute approximate surface area is 120 Å². The molecule has 2 aromatic rings. The van der Waals surface area contributed by atoms with E-state index in [1.54, 1.807) is 18.3 Å². The van der Waals surface area contributed by atoms with Crippen molar-refractivity contribution in [3.8, 4) is 0 Å². The van der Waals surface area contributed by atoms with Crippen molar-refractivity contribution in [2.45, 2.75) is 6.04 Å². The molecular weight excluding hydrogens is 272 g/mol. The van der Waals surface area contributed by atoms with Crippen molar-refractivity contribution in [3.63, 3.8) is 0 Å². The predicted molar refractivity (Wildman–Crippen MR) is 77.4 cm³/mol. The molecule has 0 bridgehead atoms. The minimum atomic E-state index is -0.290. The van der Waals surface area contributed by atoms with Gasteiger partial charge in [-0.05, 0) is 17.7 Å². The van der Waals surface area contributed by atoms with Crippen LogP contribution < -0.4 is 0 Å². The van der Waals surface area contributed by atoms with Crippen LogP contribution in [0.25, 0.3) is 0 Å². The van der Waals surface area contributed by atoms with E-state index in [2.05, 4.69) is 4.98 Å². The molecule has 0 aliphatic carbocycles. The van der Waals surface area contributed by atoms with Crippen LogP contribution in [0.3, 0.4) is 0 Å². The third kappa shape index (κ3) is 2.32. The summed E-state index contributed by atoms with van der Waals surface area (Å²) in [4.78, 5) is 29.8. The van der Waals surface area contributed by atoms with Gasteiger partial charge in [-0.3, -0.25) is 19.5 Å². The predicted octanol–water partition coefficient (Wildman–Crippen LogP) is 3.13. The largest absolute Gasteiger partial charge is 0.289 e. The first-order chi connectivity index (χ1) is 9.77. The van der Waals surface area contributed by atoms with Crippen LogP contribution in [-0.4, -0.2) is 26.8 Å². The van der Waals surface area contributed by atoms with Gasteiger partial charge in [-0.25, -0.2) is 0 Å². The minimum Gasteiger partial charge on any atom is -0.268 e. The number of amides is 2. The molecule has 5 heteroatoms. The number of benzene rings is 1. The Bertz CT molecular complexity index is 631. The zero-order valence-corrected chi connectivity index (χ0v) is 11.4. The Morgan fingerprint density at radius 2 is 2.00 bits per heavy atom. The second kappa shape index (κ2) is 5.46. The molecule has 1 aliphatic rings. The lowest BCUT2D eigenvalue weighted by molar-refractivity contribution is 0.0786. The fourth-order valence-electron chi connectivity index (χ4n) is 2.19. The summed E-state index contributed by atoms with van der Waals surface area (Å²) in [5.74, 6) is 0.302. The van der Waals surface area contributed by atoms with E-state index in [9.17, 15) is 9.59 Å². The molecule has 100 valence electrons. The molecule has 1 atom stereocenters. The maximum atomic E-state index is 12.5. The lowest BCUT2D eigenvalue weighted by Gasteiger charge is -2.22. The highest BCUT2D eigenvalue weighted by Gasteiger charge is 2.37. The third-order valence-corrected chi connectivity index (χ3v) is 4.11. The first kappa shape index (κ1) is 12.9. The van der Waals surface area contributed by atoms with Crippen LogP contribution in [0.1, 0.15) is 22.0 Å². The second-order valence-corrected chi connectivity index (χ2v) is 5.39. The number of pyridine rings is 1. The van der Waals surface area contributed by atoms with Gasteiger partial charge in [-0.15, -0.1) is 0 Å². The maximum Gasteiger partial charge on any atom is 0.289 e. The number of carbonyl (C=O) groups excluding carboxylic acids is 2. The number of thioether (sulfide) groups is 1. The smallest absolute Gasteiger partial charge is 0.268 e. The van der Waals surface area contributed by atoms with Crippen molar-refractivity contribution in [2.75, 3.05) is 5.75 Å². The van der Waals surface area contributed by atoms with Crippen molar-refractivity contribution in [1.29, 1.82) is 0 Å². The summed E-state index contributed by atoms with van der Waals surface area (Å²) in [5, 5.41) is -0.201. The van der Waals surface area contributed by atoms with Crippen LogP contribution in [0.4, 0.5) is 4.79 Å². The van der Waals surface area contributed by atoms with Gasteiger partial charge in [0.2, 0.25) is 0 Å². The molecule has 1 aromatic carbocycles. The Kier molecular flexibility index (Phi) is 3.52. The molecule has 0 N–H and O–H groups in total. The summed E-state index contributed by atoms with van der Waals surface area (Å²) in [6, 6.07) is 12.8. The first-order valence-electron chi connectivity index (χ1n) is 6.22. The summed E-state index contributed by atoms with van der Waals surface area (Å²) in [5.41, 5.74) is 1.41. The zero-order valence-electron chi connectivity index (χ0n) is 10.6. The van der Waals surface area contributed by atoms with Crippen LogP contribution >= 0.6 is 11.8 Å². The summed E-state index contributed by atoms with van der Waals surface area (Å²) in [7, 11) is 0. The number of aromatic nitrogens is 1. The van der Waals surface area contributed by atoms with Crippen molar-refractivity contribution in [2.24, 2.45) is 0 Å². The summed E-state index contributed by atoms with van der Waals surface area (Å²) in [6.45, 7) is 0. The van der Waals surface area contributed by atoms with E-state index in [1.807, 2.05) is 30.3 Å². The highest BCUT2D eigenvalue weighted by atomic mass is 32.2. The van der Waals surface area contributed by atoms with E-state index in [0.717, 1.165) is 5.56 Å². The molecule has 0 saturated carbocycles. The highest BCUT2D eigenvalue weighted by molar-refractivity contribution is 8.13. The topological polar surface area (TPSA) is 50.3 Å². The lowest BCUT2D eigenvalue weighted by atomic mass is 10.1. The van der Waals surface area contributed by atoms with Gasteiger partial charge in [0.15, 0.2) is 0 Å². The van der Waals surface area contributed by atoms with Gasteiger partial charge in [-0.2, -0.15) is 0 Å². The molecule has 0 spiro atoms. The normalized spacial score (nSPS) is 18.3. The molecular formula is C15H12N2O2S. The molecule has 1 fully saturated rings. The molecule has 2 heterocycles. The Hall–Kier alpha value is -2.14. The molecule has 20 heavy (non-hydrogen) atoms. The van der Waals surface area contributed by atoms with E-state index in [4.69, 9.17) is 0 Å². The quantitative estimate of drug-likeness (QED) is 0.850. The van der Waals surface area contributed by atoms with E-state index in [1.165, 1.54) is 22.9 Å². The summed E-state index contributed by atoms with van der Waals surface area (Å²) < 4.78 is 0. The average Bonchev–Trinajstić information content (AvgIpc) is 2.90. The van der Waals surface area contributed by atoms with Gasteiger partial charge in [-0.1, -0.05) is 42.1 Å². The molecule has 4 nitrogen and oxygen atoms in total. The molecule has 0 radical (unpaired) electrons. The molecule has 2 amide bonds. The Morgan fingerprint density at radius 1 is 1.20 bits per heavy atom. The van der Waals surface area contributed by atoms with Crippen LogP contribution in [0.15, 0.2) is 54.9 Å². The first-order valence-corrected chi connectivity index (χ1v) is 7.21. The van der Waals surface area contributed by atoms with Gasteiger partial charge >= 0.3 is 0 Å². The van der Waals surface area contributed by atoms with E-state index < -0.39 is 0 Å². The van der Waals surface area contributed by atoms with Crippen molar-refractivity contribution in [1.82, 2.24) is 9.88 Å². The molecule has 1 aromatic heterocycles. The number of nitrogens with zero attached hydrogens (tertiary/aromatic N) is 2. The number of carbonyl (C=O) groups is 2. The molecule has 1 saturated heterocycles. The zero-order chi connectivity index (χ0) is 13.9. The Morgan fingerprint density at radius 3 is 2.70 bits per heavy atom. The molecule has 0 unspecified atom stereocenters. The molecule has 3 rings (SSSR count). The van der Waals surface area contributed by atoms with Gasteiger partial charge in [0.1, 0.15) is 0 Å². The number of rotatable bonds is 2. The summed E-state index contributed by atoms with van der Waals surface area (Å²) >= 11 is 1.18. The highest BCUT2D eigenvalue weighted by Crippen LogP contribution is 2.35. The van der Waals surface area contributed by atoms with E-state index >= 15 is 0 Å². The summed E-state index contributed by atoms with van der Waals surface area (Å²) in [6.07, 6.45) is 3.09. The van der Waals surface area contributed by atoms with Crippen LogP contribution in [0.2, 0.25) is 0 Å². The second-order valence-electron chi connectivity index (χ2n) is 4.42. The minimum absolute atomic E-state index is 0.201. The van der Waals surface area contributed by atoms with Crippen molar-refractivity contribution in [3.05, 3.63) is 66.0 Å². The van der Waals surface area contributed by atoms with Crippen LogP contribution in [0.5, 0.6) is 0 Å². The van der Waals surface area contributed by atoms with Gasteiger partial charge in [0.25, 0.3) is 11.1 Å². The van der Waals surface area contributed by atoms with Gasteiger partial charge < -0.3 is 0 Å². The maximum absolute atomic E-state index is 12.5. The van der Waals surface area contributed by atoms with Crippen molar-refractivity contribution >= 4 is 22.9 Å². The fourth-order valence-corrected chi connectivity index (χ4v) is 3.19. The van der Waals surface area contributed by atoms with E-state index in [0.29, 0.717) is 11.3 Å². The monoisotopic (exact) mass is 284 g/mol. The third-order valence-electron chi connectivity index (χ3n) is 3.18. The number of imide groups is 1. The van der Waals surface area contributed by atoms with E-state index in [-0.39, 0.29) is 17.2 Å². The SMILES string of the molecule is O=C1SC[C@H](c2ccccc2)N1C(=O)c1cccnc1. The van der Waals surface area contributed by atoms with Crippen molar-refractivity contribution < 1.29 is 9.59 Å². The van der Waals surface area contributed by atoms with Gasteiger partial charge in [0.05, 0.1) is 11.6 Å². The average molecular weight is 284 g/mol. The van der Waals surface area contributed by atoms with Crippen LogP contribution in [0, 0.1) is 0 Å². The number of hydrogen-bond acceptors (Lipinski definition) is 4. The lowest BCUT2D eigenvalue weighted by Crippen LogP contribution is -2.33. The van der Waals surface area contributed by atoms with Crippen LogP contribution in [-0.2, 0) is 0 Å². The fraction of sp³-hybridized carbons (Fsp3) is 0.133. The Balaban J connectivity index is 1.94.